The summed E-state index contributed by atoms with van der Waals surface area (Å²) in [6.07, 6.45) is 4.21. The second-order valence-electron chi connectivity index (χ2n) is 9.30. The lowest BCUT2D eigenvalue weighted by molar-refractivity contribution is -0.145. The zero-order valence-electron chi connectivity index (χ0n) is 19.9. The van der Waals surface area contributed by atoms with Gasteiger partial charge in [0, 0.05) is 6.54 Å². The quantitative estimate of drug-likeness (QED) is 0.315. The summed E-state index contributed by atoms with van der Waals surface area (Å²) in [5, 5.41) is 14.8. The van der Waals surface area contributed by atoms with Crippen LogP contribution in [0.1, 0.15) is 59.8 Å². The lowest BCUT2D eigenvalue weighted by Gasteiger charge is -2.30. The van der Waals surface area contributed by atoms with Crippen molar-refractivity contribution in [1.82, 2.24) is 15.5 Å². The zero-order chi connectivity index (χ0) is 24.4. The van der Waals surface area contributed by atoms with Crippen LogP contribution in [0.4, 0.5) is 0 Å². The SMILES string of the molecule is CSCCC(NC(=O)C1CCCN1C(=O)C(CC(C)C)NC(=O)C(N)CC(C)C)C(=O)O. The highest BCUT2D eigenvalue weighted by atomic mass is 32.2. The molecule has 1 heterocycles. The van der Waals surface area contributed by atoms with Crippen molar-refractivity contribution in [2.75, 3.05) is 18.6 Å². The van der Waals surface area contributed by atoms with Crippen LogP contribution >= 0.6 is 11.8 Å². The van der Waals surface area contributed by atoms with Crippen LogP contribution in [0.3, 0.4) is 0 Å². The van der Waals surface area contributed by atoms with Crippen LogP contribution in [0.2, 0.25) is 0 Å². The van der Waals surface area contributed by atoms with Gasteiger partial charge in [-0.15, -0.1) is 0 Å². The summed E-state index contributed by atoms with van der Waals surface area (Å²) >= 11 is 1.50. The Morgan fingerprint density at radius 3 is 2.22 bits per heavy atom. The highest BCUT2D eigenvalue weighted by molar-refractivity contribution is 7.98. The number of carboxylic acid groups (broad SMARTS) is 1. The third-order valence-corrected chi connectivity index (χ3v) is 6.09. The third kappa shape index (κ3) is 8.97. The molecular weight excluding hydrogens is 432 g/mol. The predicted octanol–water partition coefficient (Wildman–Crippen LogP) is 1.20. The van der Waals surface area contributed by atoms with E-state index in [0.717, 1.165) is 0 Å². The number of carboxylic acids is 1. The van der Waals surface area contributed by atoms with Crippen molar-refractivity contribution in [1.29, 1.82) is 0 Å². The fourth-order valence-corrected chi connectivity index (χ4v) is 4.32. The number of nitrogens with one attached hydrogen (secondary N) is 2. The van der Waals surface area contributed by atoms with Gasteiger partial charge in [0.1, 0.15) is 18.1 Å². The van der Waals surface area contributed by atoms with Gasteiger partial charge in [-0.25, -0.2) is 4.79 Å². The van der Waals surface area contributed by atoms with Gasteiger partial charge in [-0.3, -0.25) is 14.4 Å². The van der Waals surface area contributed by atoms with Crippen LogP contribution in [0.15, 0.2) is 0 Å². The summed E-state index contributed by atoms with van der Waals surface area (Å²) in [6.45, 7) is 8.25. The maximum absolute atomic E-state index is 13.3. The van der Waals surface area contributed by atoms with E-state index in [1.807, 2.05) is 34.0 Å². The van der Waals surface area contributed by atoms with Crippen LogP contribution in [0.25, 0.3) is 0 Å². The minimum atomic E-state index is -1.09. The zero-order valence-corrected chi connectivity index (χ0v) is 20.7. The van der Waals surface area contributed by atoms with Gasteiger partial charge in [0.25, 0.3) is 0 Å². The Kier molecular flexibility index (Phi) is 12.1. The van der Waals surface area contributed by atoms with E-state index in [1.165, 1.54) is 16.7 Å². The van der Waals surface area contributed by atoms with Crippen molar-refractivity contribution in [3.8, 4) is 0 Å². The number of nitrogens with zero attached hydrogens (tertiary/aromatic N) is 1. The molecule has 1 saturated heterocycles. The topological polar surface area (TPSA) is 142 Å². The molecule has 0 aromatic rings. The number of hydrogen-bond donors (Lipinski definition) is 4. The van der Waals surface area contributed by atoms with E-state index >= 15 is 0 Å². The first-order valence-corrected chi connectivity index (χ1v) is 12.8. The highest BCUT2D eigenvalue weighted by Crippen LogP contribution is 2.21. The van der Waals surface area contributed by atoms with Crippen LogP contribution in [-0.2, 0) is 19.2 Å². The molecular formula is C22H40N4O5S. The molecule has 4 atom stereocenters. The van der Waals surface area contributed by atoms with Crippen LogP contribution in [0, 0.1) is 11.8 Å². The summed E-state index contributed by atoms with van der Waals surface area (Å²) in [5.41, 5.74) is 5.99. The molecule has 0 radical (unpaired) electrons. The van der Waals surface area contributed by atoms with Crippen molar-refractivity contribution < 1.29 is 24.3 Å². The summed E-state index contributed by atoms with van der Waals surface area (Å²) in [4.78, 5) is 51.7. The van der Waals surface area contributed by atoms with Gasteiger partial charge < -0.3 is 26.4 Å². The van der Waals surface area contributed by atoms with Gasteiger partial charge in [0.05, 0.1) is 6.04 Å². The normalized spacial score (nSPS) is 19.0. The number of hydrogen-bond acceptors (Lipinski definition) is 6. The number of rotatable bonds is 13. The molecule has 184 valence electrons. The first kappa shape index (κ1) is 28.2. The van der Waals surface area contributed by atoms with Gasteiger partial charge in [0.2, 0.25) is 17.7 Å². The van der Waals surface area contributed by atoms with Gasteiger partial charge >= 0.3 is 5.97 Å². The maximum Gasteiger partial charge on any atom is 0.326 e. The number of amides is 3. The van der Waals surface area contributed by atoms with Crippen LogP contribution in [-0.4, -0.2) is 76.4 Å². The van der Waals surface area contributed by atoms with Crippen LogP contribution in [0.5, 0.6) is 0 Å². The van der Waals surface area contributed by atoms with E-state index in [4.69, 9.17) is 5.73 Å². The predicted molar refractivity (Wildman–Crippen MR) is 126 cm³/mol. The Morgan fingerprint density at radius 1 is 1.06 bits per heavy atom. The van der Waals surface area contributed by atoms with Gasteiger partial charge in [-0.2, -0.15) is 11.8 Å². The van der Waals surface area contributed by atoms with E-state index in [1.54, 1.807) is 0 Å². The van der Waals surface area contributed by atoms with Crippen molar-refractivity contribution in [2.24, 2.45) is 17.6 Å². The highest BCUT2D eigenvalue weighted by Gasteiger charge is 2.39. The molecule has 1 rings (SSSR count). The van der Waals surface area contributed by atoms with Crippen molar-refractivity contribution in [3.63, 3.8) is 0 Å². The fourth-order valence-electron chi connectivity index (χ4n) is 3.85. The Balaban J connectivity index is 2.92. The molecule has 1 aliphatic heterocycles. The Hall–Kier alpha value is -1.81. The Labute approximate surface area is 195 Å². The number of nitrogens with two attached hydrogens (primary N) is 1. The Morgan fingerprint density at radius 2 is 1.69 bits per heavy atom. The largest absolute Gasteiger partial charge is 0.480 e. The first-order valence-electron chi connectivity index (χ1n) is 11.4. The third-order valence-electron chi connectivity index (χ3n) is 5.45. The van der Waals surface area contributed by atoms with E-state index in [9.17, 15) is 24.3 Å². The number of thioether (sulfide) groups is 1. The number of carbonyl (C=O) groups is 4. The minimum absolute atomic E-state index is 0.142. The second-order valence-corrected chi connectivity index (χ2v) is 10.3. The van der Waals surface area contributed by atoms with Crippen molar-refractivity contribution >= 4 is 35.5 Å². The molecule has 0 bridgehead atoms. The van der Waals surface area contributed by atoms with Gasteiger partial charge in [0.15, 0.2) is 0 Å². The van der Waals surface area contributed by atoms with E-state index in [-0.39, 0.29) is 23.7 Å². The Bertz CT molecular complexity index is 658. The molecule has 0 saturated carbocycles. The van der Waals surface area contributed by atoms with Crippen molar-refractivity contribution in [2.45, 2.75) is 84.0 Å². The summed E-state index contributed by atoms with van der Waals surface area (Å²) in [7, 11) is 0. The molecule has 5 N–H and O–H groups in total. The number of aliphatic carboxylic acids is 1. The molecule has 32 heavy (non-hydrogen) atoms. The first-order chi connectivity index (χ1) is 15.0. The van der Waals surface area contributed by atoms with E-state index < -0.39 is 36.0 Å². The molecule has 0 aromatic heterocycles. The molecule has 0 spiro atoms. The summed E-state index contributed by atoms with van der Waals surface area (Å²) in [6, 6.07) is -3.22. The van der Waals surface area contributed by atoms with Gasteiger partial charge in [-0.1, -0.05) is 27.7 Å². The van der Waals surface area contributed by atoms with E-state index in [2.05, 4.69) is 10.6 Å². The van der Waals surface area contributed by atoms with Crippen molar-refractivity contribution in [3.05, 3.63) is 0 Å². The van der Waals surface area contributed by atoms with Crippen LogP contribution < -0.4 is 16.4 Å². The van der Waals surface area contributed by atoms with E-state index in [0.29, 0.717) is 44.4 Å². The summed E-state index contributed by atoms with van der Waals surface area (Å²) in [5.74, 6) is -1.26. The molecule has 1 fully saturated rings. The maximum atomic E-state index is 13.3. The average Bonchev–Trinajstić information content (AvgIpc) is 3.18. The molecule has 1 aliphatic rings. The molecule has 0 aromatic carbocycles. The lowest BCUT2D eigenvalue weighted by Crippen LogP contribution is -2.57. The number of carbonyl (C=O) groups excluding carboxylic acids is 3. The lowest BCUT2D eigenvalue weighted by atomic mass is 10.00. The second kappa shape index (κ2) is 13.7. The minimum Gasteiger partial charge on any atom is -0.480 e. The standard InChI is InChI=1S/C22H40N4O5S/c1-13(2)11-15(23)19(27)25-17(12-14(3)4)21(29)26-9-6-7-18(26)20(28)24-16(22(30)31)8-10-32-5/h13-18H,6-12,23H2,1-5H3,(H,24,28)(H,25,27)(H,30,31). The molecule has 0 aliphatic carbocycles. The monoisotopic (exact) mass is 472 g/mol. The number of likely N-dealkylation sites (tertiary alicyclic amines) is 1. The smallest absolute Gasteiger partial charge is 0.326 e. The molecule has 4 unspecified atom stereocenters. The molecule has 9 nitrogen and oxygen atoms in total. The summed E-state index contributed by atoms with van der Waals surface area (Å²) < 4.78 is 0. The molecule has 10 heteroatoms. The molecule has 3 amide bonds. The van der Waals surface area contributed by atoms with Gasteiger partial charge in [-0.05, 0) is 55.9 Å². The average molecular weight is 473 g/mol. The fraction of sp³-hybridized carbons (Fsp3) is 0.818.